The lowest BCUT2D eigenvalue weighted by Gasteiger charge is -1.92. The number of nitrogens with two attached hydrogens (primary N) is 1. The first kappa shape index (κ1) is 16.6. The van der Waals surface area contributed by atoms with Gasteiger partial charge in [0.2, 0.25) is 5.91 Å². The number of benzene rings is 1. The molecule has 0 bridgehead atoms. The van der Waals surface area contributed by atoms with Gasteiger partial charge in [-0.05, 0) is 25.0 Å². The van der Waals surface area contributed by atoms with Crippen molar-refractivity contribution in [2.45, 2.75) is 25.7 Å². The van der Waals surface area contributed by atoms with E-state index in [1.54, 1.807) is 24.3 Å². The van der Waals surface area contributed by atoms with Crippen LogP contribution in [0, 0.1) is 0 Å². The molecule has 104 valence electrons. The number of amides is 1. The van der Waals surface area contributed by atoms with Crippen molar-refractivity contribution in [1.29, 1.82) is 0 Å². The van der Waals surface area contributed by atoms with Crippen LogP contribution >= 0.6 is 0 Å². The first-order chi connectivity index (χ1) is 8.93. The number of aliphatic carboxylic acids is 2. The molecule has 0 saturated heterocycles. The Labute approximate surface area is 110 Å². The van der Waals surface area contributed by atoms with E-state index in [4.69, 9.17) is 15.9 Å². The predicted molar refractivity (Wildman–Crippen MR) is 68.7 cm³/mol. The summed E-state index contributed by atoms with van der Waals surface area (Å²) in [5.74, 6) is -2.12. The van der Waals surface area contributed by atoms with Gasteiger partial charge < -0.3 is 15.9 Å². The smallest absolute Gasteiger partial charge is 0.303 e. The van der Waals surface area contributed by atoms with Gasteiger partial charge in [0.1, 0.15) is 0 Å². The molecule has 0 aliphatic heterocycles. The quantitative estimate of drug-likeness (QED) is 0.675. The monoisotopic (exact) mass is 267 g/mol. The molecule has 0 heterocycles. The largest absolute Gasteiger partial charge is 0.481 e. The summed E-state index contributed by atoms with van der Waals surface area (Å²) in [6.45, 7) is 0. The summed E-state index contributed by atoms with van der Waals surface area (Å²) in [6.07, 6.45) is 1.02. The van der Waals surface area contributed by atoms with E-state index in [-0.39, 0.29) is 18.7 Å². The Morgan fingerprint density at radius 1 is 0.895 bits per heavy atom. The number of unbranched alkanes of at least 4 members (excludes halogenated alkanes) is 1. The average Bonchev–Trinajstić information content (AvgIpc) is 2.36. The minimum atomic E-state index is -0.870. The molecule has 1 aromatic rings. The third-order valence-corrected chi connectivity index (χ3v) is 2.09. The van der Waals surface area contributed by atoms with Crippen molar-refractivity contribution < 1.29 is 24.6 Å². The Bertz CT molecular complexity index is 400. The summed E-state index contributed by atoms with van der Waals surface area (Å²) >= 11 is 0. The van der Waals surface area contributed by atoms with Gasteiger partial charge in [-0.15, -0.1) is 0 Å². The van der Waals surface area contributed by atoms with E-state index in [1.807, 2.05) is 6.07 Å². The number of rotatable bonds is 6. The van der Waals surface area contributed by atoms with E-state index < -0.39 is 11.9 Å². The van der Waals surface area contributed by atoms with Gasteiger partial charge in [-0.25, -0.2) is 0 Å². The van der Waals surface area contributed by atoms with Crippen molar-refractivity contribution in [3.63, 3.8) is 0 Å². The molecule has 0 saturated carbocycles. The molecule has 4 N–H and O–H groups in total. The lowest BCUT2D eigenvalue weighted by molar-refractivity contribution is -0.139. The molecule has 0 spiro atoms. The van der Waals surface area contributed by atoms with Crippen LogP contribution in [0.15, 0.2) is 30.3 Å². The second kappa shape index (κ2) is 9.64. The highest BCUT2D eigenvalue weighted by Gasteiger charge is 1.99. The molecule has 0 atom stereocenters. The summed E-state index contributed by atoms with van der Waals surface area (Å²) < 4.78 is 0. The number of carboxylic acid groups (broad SMARTS) is 2. The fourth-order valence-electron chi connectivity index (χ4n) is 1.15. The van der Waals surface area contributed by atoms with E-state index >= 15 is 0 Å². The molecule has 0 unspecified atom stereocenters. The van der Waals surface area contributed by atoms with E-state index in [9.17, 15) is 14.4 Å². The van der Waals surface area contributed by atoms with Gasteiger partial charge in [0, 0.05) is 18.4 Å². The maximum absolute atomic E-state index is 10.4. The van der Waals surface area contributed by atoms with E-state index in [0.29, 0.717) is 18.4 Å². The van der Waals surface area contributed by atoms with Gasteiger partial charge in [-0.3, -0.25) is 14.4 Å². The molecule has 0 fully saturated rings. The maximum Gasteiger partial charge on any atom is 0.303 e. The van der Waals surface area contributed by atoms with Crippen LogP contribution in [0.2, 0.25) is 0 Å². The molecule has 6 nitrogen and oxygen atoms in total. The Morgan fingerprint density at radius 2 is 1.32 bits per heavy atom. The van der Waals surface area contributed by atoms with E-state index in [0.717, 1.165) is 0 Å². The van der Waals surface area contributed by atoms with Gasteiger partial charge in [-0.2, -0.15) is 0 Å². The Hall–Kier alpha value is -2.37. The molecule has 1 amide bonds. The lowest BCUT2D eigenvalue weighted by Crippen LogP contribution is -2.09. The average molecular weight is 267 g/mol. The highest BCUT2D eigenvalue weighted by molar-refractivity contribution is 5.92. The van der Waals surface area contributed by atoms with Crippen LogP contribution in [0.5, 0.6) is 0 Å². The number of carbonyl (C=O) groups is 3. The molecule has 0 aromatic heterocycles. The van der Waals surface area contributed by atoms with Crippen molar-refractivity contribution in [2.75, 3.05) is 0 Å². The fourth-order valence-corrected chi connectivity index (χ4v) is 1.15. The minimum absolute atomic E-state index is 0.0628. The summed E-state index contributed by atoms with van der Waals surface area (Å²) in [5.41, 5.74) is 5.53. The van der Waals surface area contributed by atoms with Crippen LogP contribution in [0.25, 0.3) is 0 Å². The molecule has 0 aliphatic rings. The van der Waals surface area contributed by atoms with Gasteiger partial charge in [-0.1, -0.05) is 18.2 Å². The van der Waals surface area contributed by atoms with Crippen molar-refractivity contribution in [3.8, 4) is 0 Å². The zero-order chi connectivity index (χ0) is 14.7. The number of carboxylic acids is 2. The van der Waals surface area contributed by atoms with Gasteiger partial charge in [0.15, 0.2) is 0 Å². The first-order valence-electron chi connectivity index (χ1n) is 5.72. The minimum Gasteiger partial charge on any atom is -0.481 e. The van der Waals surface area contributed by atoms with Crippen molar-refractivity contribution >= 4 is 17.8 Å². The van der Waals surface area contributed by atoms with Crippen LogP contribution in [-0.4, -0.2) is 28.1 Å². The number of hydrogen-bond donors (Lipinski definition) is 3. The predicted octanol–water partition coefficient (Wildman–Crippen LogP) is 1.50. The zero-order valence-corrected chi connectivity index (χ0v) is 10.4. The maximum atomic E-state index is 10.4. The molecule has 1 aromatic carbocycles. The van der Waals surface area contributed by atoms with Crippen LogP contribution in [0.4, 0.5) is 0 Å². The van der Waals surface area contributed by atoms with Crippen molar-refractivity contribution in [1.82, 2.24) is 0 Å². The second-order valence-electron chi connectivity index (χ2n) is 3.72. The first-order valence-corrected chi connectivity index (χ1v) is 5.72. The topological polar surface area (TPSA) is 118 Å². The summed E-state index contributed by atoms with van der Waals surface area (Å²) in [7, 11) is 0. The number of carbonyl (C=O) groups excluding carboxylic acids is 1. The molecule has 6 heteroatoms. The Morgan fingerprint density at radius 3 is 1.58 bits per heavy atom. The lowest BCUT2D eigenvalue weighted by atomic mass is 10.2. The second-order valence-corrected chi connectivity index (χ2v) is 3.72. The van der Waals surface area contributed by atoms with Crippen LogP contribution < -0.4 is 5.73 Å². The molecule has 1 rings (SSSR count). The van der Waals surface area contributed by atoms with Gasteiger partial charge in [0.05, 0.1) is 0 Å². The summed E-state index contributed by atoms with van der Waals surface area (Å²) in [4.78, 5) is 30.2. The third-order valence-electron chi connectivity index (χ3n) is 2.09. The van der Waals surface area contributed by atoms with Crippen LogP contribution in [0.1, 0.15) is 36.0 Å². The van der Waals surface area contributed by atoms with E-state index in [1.165, 1.54) is 0 Å². The van der Waals surface area contributed by atoms with Gasteiger partial charge >= 0.3 is 11.9 Å². The number of primary amides is 1. The fraction of sp³-hybridized carbons (Fsp3) is 0.308. The standard InChI is InChI=1S/C7H7NO.C6H10O4/c8-7(9)6-4-2-1-3-5-6;7-5(8)3-1-2-4-6(9)10/h1-5H,(H2,8,9);1-4H2,(H,7,8)(H,9,10). The molecule has 0 aliphatic carbocycles. The Balaban J connectivity index is 0.000000342. The normalized spacial score (nSPS) is 9.05. The Kier molecular flexibility index (Phi) is 8.44. The SMILES string of the molecule is NC(=O)c1ccccc1.O=C(O)CCCCC(=O)O. The molecule has 19 heavy (non-hydrogen) atoms. The van der Waals surface area contributed by atoms with E-state index in [2.05, 4.69) is 0 Å². The highest BCUT2D eigenvalue weighted by atomic mass is 16.4. The summed E-state index contributed by atoms with van der Waals surface area (Å²) in [6, 6.07) is 8.76. The summed E-state index contributed by atoms with van der Waals surface area (Å²) in [5, 5.41) is 16.3. The third kappa shape index (κ3) is 10.5. The van der Waals surface area contributed by atoms with Crippen LogP contribution in [-0.2, 0) is 9.59 Å². The van der Waals surface area contributed by atoms with Crippen molar-refractivity contribution in [3.05, 3.63) is 35.9 Å². The van der Waals surface area contributed by atoms with Gasteiger partial charge in [0.25, 0.3) is 0 Å². The molecule has 0 radical (unpaired) electrons. The molecular formula is C13H17NO5. The number of hydrogen-bond acceptors (Lipinski definition) is 3. The molecular weight excluding hydrogens is 250 g/mol. The zero-order valence-electron chi connectivity index (χ0n) is 10.4. The highest BCUT2D eigenvalue weighted by Crippen LogP contribution is 1.98. The van der Waals surface area contributed by atoms with Crippen LogP contribution in [0.3, 0.4) is 0 Å². The van der Waals surface area contributed by atoms with Crippen molar-refractivity contribution in [2.24, 2.45) is 5.73 Å².